The van der Waals surface area contributed by atoms with E-state index in [9.17, 15) is 9.59 Å². The number of nitrogens with zero attached hydrogens (tertiary/aromatic N) is 2. The van der Waals surface area contributed by atoms with Gasteiger partial charge in [0.2, 0.25) is 0 Å². The molecule has 0 spiro atoms. The summed E-state index contributed by atoms with van der Waals surface area (Å²) in [6.07, 6.45) is 4.85. The standard InChI is InChI=1S/C21H17ClN2O4S/c1-3-28-20(26)17-12(2)23-21-24(18(17)14-4-6-15(22)7-5-14)19(25)16(29-21)10-13-8-9-27-11-13/h4-11,18H,3H2,1-2H3. The smallest absolute Gasteiger partial charge is 0.338 e. The molecule has 0 saturated heterocycles. The van der Waals surface area contributed by atoms with Crippen molar-refractivity contribution in [2.24, 2.45) is 4.99 Å². The molecule has 0 bridgehead atoms. The van der Waals surface area contributed by atoms with Crippen LogP contribution >= 0.6 is 22.9 Å². The summed E-state index contributed by atoms with van der Waals surface area (Å²) >= 11 is 7.31. The van der Waals surface area contributed by atoms with Crippen LogP contribution in [0.2, 0.25) is 5.02 Å². The number of aromatic nitrogens is 1. The van der Waals surface area contributed by atoms with Gasteiger partial charge in [0.1, 0.15) is 0 Å². The van der Waals surface area contributed by atoms with E-state index in [2.05, 4.69) is 4.99 Å². The molecule has 3 heterocycles. The predicted molar refractivity (Wildman–Crippen MR) is 111 cm³/mol. The maximum absolute atomic E-state index is 13.3. The Labute approximate surface area is 175 Å². The molecule has 0 fully saturated rings. The van der Waals surface area contributed by atoms with Crippen molar-refractivity contribution in [2.75, 3.05) is 6.61 Å². The molecule has 0 saturated carbocycles. The number of fused-ring (bicyclic) bond motifs is 1. The van der Waals surface area contributed by atoms with E-state index >= 15 is 0 Å². The van der Waals surface area contributed by atoms with Gasteiger partial charge in [-0.3, -0.25) is 9.36 Å². The van der Waals surface area contributed by atoms with Crippen LogP contribution in [-0.4, -0.2) is 17.1 Å². The predicted octanol–water partition coefficient (Wildman–Crippen LogP) is 3.04. The Morgan fingerprint density at radius 3 is 2.76 bits per heavy atom. The normalized spacial score (nSPS) is 16.5. The number of thiazole rings is 1. The van der Waals surface area contributed by atoms with E-state index in [0.29, 0.717) is 25.6 Å². The van der Waals surface area contributed by atoms with Gasteiger partial charge >= 0.3 is 5.97 Å². The van der Waals surface area contributed by atoms with Crippen molar-refractivity contribution in [3.05, 3.63) is 90.0 Å². The number of rotatable bonds is 4. The Hall–Kier alpha value is -2.90. The summed E-state index contributed by atoms with van der Waals surface area (Å²) in [4.78, 5) is 31.1. The largest absolute Gasteiger partial charge is 0.472 e. The monoisotopic (exact) mass is 428 g/mol. The Bertz CT molecular complexity index is 1270. The zero-order valence-electron chi connectivity index (χ0n) is 15.7. The number of ether oxygens (including phenoxy) is 1. The lowest BCUT2D eigenvalue weighted by Crippen LogP contribution is -2.39. The number of carbonyl (C=O) groups is 1. The zero-order chi connectivity index (χ0) is 20.5. The minimum Gasteiger partial charge on any atom is -0.472 e. The lowest BCUT2D eigenvalue weighted by molar-refractivity contribution is -0.139. The molecule has 1 unspecified atom stereocenters. The van der Waals surface area contributed by atoms with E-state index in [1.807, 2.05) is 0 Å². The molecule has 0 aliphatic carbocycles. The first-order valence-corrected chi connectivity index (χ1v) is 10.2. The number of allylic oxidation sites excluding steroid dienone is 1. The van der Waals surface area contributed by atoms with Gasteiger partial charge in [0.05, 0.1) is 41.0 Å². The van der Waals surface area contributed by atoms with Crippen molar-refractivity contribution >= 4 is 35.0 Å². The lowest BCUT2D eigenvalue weighted by atomic mass is 9.96. The zero-order valence-corrected chi connectivity index (χ0v) is 17.3. The van der Waals surface area contributed by atoms with Crippen LogP contribution in [0.4, 0.5) is 0 Å². The molecule has 8 heteroatoms. The number of benzene rings is 1. The van der Waals surface area contributed by atoms with Crippen LogP contribution in [-0.2, 0) is 9.53 Å². The summed E-state index contributed by atoms with van der Waals surface area (Å²) in [6, 6.07) is 8.20. The van der Waals surface area contributed by atoms with E-state index in [1.165, 1.54) is 11.3 Å². The first-order chi connectivity index (χ1) is 14.0. The third-order valence-corrected chi connectivity index (χ3v) is 5.78. The molecule has 2 aromatic heterocycles. The molecule has 1 aliphatic rings. The van der Waals surface area contributed by atoms with Crippen molar-refractivity contribution in [3.63, 3.8) is 0 Å². The molecule has 0 amide bonds. The van der Waals surface area contributed by atoms with E-state index in [4.69, 9.17) is 20.8 Å². The van der Waals surface area contributed by atoms with E-state index in [1.54, 1.807) is 67.3 Å². The maximum Gasteiger partial charge on any atom is 0.338 e. The quantitative estimate of drug-likeness (QED) is 0.599. The Morgan fingerprint density at radius 2 is 2.10 bits per heavy atom. The third kappa shape index (κ3) is 3.59. The van der Waals surface area contributed by atoms with E-state index in [0.717, 1.165) is 11.1 Å². The minimum atomic E-state index is -0.644. The van der Waals surface area contributed by atoms with E-state index in [-0.39, 0.29) is 12.2 Å². The van der Waals surface area contributed by atoms with E-state index < -0.39 is 12.0 Å². The fourth-order valence-electron chi connectivity index (χ4n) is 3.26. The van der Waals surface area contributed by atoms with Gasteiger partial charge in [-0.15, -0.1) is 0 Å². The van der Waals surface area contributed by atoms with Gasteiger partial charge in [0.25, 0.3) is 5.56 Å². The van der Waals surface area contributed by atoms with Gasteiger partial charge in [-0.1, -0.05) is 35.1 Å². The van der Waals surface area contributed by atoms with Crippen LogP contribution in [0.15, 0.2) is 68.3 Å². The average Bonchev–Trinajstić information content (AvgIpc) is 3.30. The maximum atomic E-state index is 13.3. The topological polar surface area (TPSA) is 73.8 Å². The summed E-state index contributed by atoms with van der Waals surface area (Å²) in [5.74, 6) is -0.488. The minimum absolute atomic E-state index is 0.230. The van der Waals surface area contributed by atoms with Crippen LogP contribution in [0.1, 0.15) is 31.0 Å². The Kier molecular flexibility index (Phi) is 5.25. The van der Waals surface area contributed by atoms with Gasteiger partial charge in [0.15, 0.2) is 4.80 Å². The molecule has 6 nitrogen and oxygen atoms in total. The van der Waals surface area contributed by atoms with Crippen LogP contribution < -0.4 is 14.9 Å². The van der Waals surface area contributed by atoms with Gasteiger partial charge in [-0.25, -0.2) is 9.79 Å². The molecule has 1 aromatic carbocycles. The lowest BCUT2D eigenvalue weighted by Gasteiger charge is -2.24. The molecule has 3 aromatic rings. The number of esters is 1. The Morgan fingerprint density at radius 1 is 1.34 bits per heavy atom. The third-order valence-electron chi connectivity index (χ3n) is 4.54. The van der Waals surface area contributed by atoms with Gasteiger partial charge in [0, 0.05) is 10.6 Å². The first-order valence-electron chi connectivity index (χ1n) is 8.97. The van der Waals surface area contributed by atoms with Crippen LogP contribution in [0, 0.1) is 0 Å². The second-order valence-electron chi connectivity index (χ2n) is 6.41. The van der Waals surface area contributed by atoms with Crippen molar-refractivity contribution in [1.82, 2.24) is 4.57 Å². The van der Waals surface area contributed by atoms with Crippen molar-refractivity contribution in [3.8, 4) is 0 Å². The fraction of sp³-hybridized carbons (Fsp3) is 0.190. The highest BCUT2D eigenvalue weighted by atomic mass is 35.5. The van der Waals surface area contributed by atoms with Crippen LogP contribution in [0.3, 0.4) is 0 Å². The average molecular weight is 429 g/mol. The number of halogens is 1. The second kappa shape index (κ2) is 7.85. The molecule has 0 radical (unpaired) electrons. The molecule has 148 valence electrons. The van der Waals surface area contributed by atoms with Crippen molar-refractivity contribution in [1.29, 1.82) is 0 Å². The summed E-state index contributed by atoms with van der Waals surface area (Å²) in [6.45, 7) is 3.72. The number of carbonyl (C=O) groups excluding carboxylic acids is 1. The summed E-state index contributed by atoms with van der Waals surface area (Å²) in [5, 5.41) is 0.569. The van der Waals surface area contributed by atoms with Crippen LogP contribution in [0.5, 0.6) is 0 Å². The number of hydrogen-bond donors (Lipinski definition) is 0. The number of furan rings is 1. The summed E-state index contributed by atoms with van der Waals surface area (Å²) < 4.78 is 12.4. The van der Waals surface area contributed by atoms with Gasteiger partial charge in [-0.05, 0) is 43.7 Å². The summed E-state index contributed by atoms with van der Waals surface area (Å²) in [7, 11) is 0. The van der Waals surface area contributed by atoms with Gasteiger partial charge < -0.3 is 9.15 Å². The first kappa shape index (κ1) is 19.4. The molecule has 1 aliphatic heterocycles. The molecule has 29 heavy (non-hydrogen) atoms. The summed E-state index contributed by atoms with van der Waals surface area (Å²) in [5.41, 5.74) is 2.17. The SMILES string of the molecule is CCOC(=O)C1=C(C)N=c2sc(=Cc3ccoc3)c(=O)n2C1c1ccc(Cl)cc1. The molecular formula is C21H17ClN2O4S. The molecule has 4 rings (SSSR count). The molecular weight excluding hydrogens is 412 g/mol. The van der Waals surface area contributed by atoms with Crippen molar-refractivity contribution < 1.29 is 13.9 Å². The highest BCUT2D eigenvalue weighted by Gasteiger charge is 2.33. The fourth-order valence-corrected chi connectivity index (χ4v) is 4.43. The highest BCUT2D eigenvalue weighted by Crippen LogP contribution is 2.31. The second-order valence-corrected chi connectivity index (χ2v) is 7.86. The molecule has 1 atom stereocenters. The highest BCUT2D eigenvalue weighted by molar-refractivity contribution is 7.07. The number of hydrogen-bond acceptors (Lipinski definition) is 6. The molecule has 0 N–H and O–H groups in total. The van der Waals surface area contributed by atoms with Crippen molar-refractivity contribution in [2.45, 2.75) is 19.9 Å². The Balaban J connectivity index is 1.97. The van der Waals surface area contributed by atoms with Crippen LogP contribution in [0.25, 0.3) is 6.08 Å². The van der Waals surface area contributed by atoms with Gasteiger partial charge in [-0.2, -0.15) is 0 Å².